The zero-order valence-electron chi connectivity index (χ0n) is 14.7. The number of hydrogen-bond acceptors (Lipinski definition) is 5. The summed E-state index contributed by atoms with van der Waals surface area (Å²) in [4.78, 5) is 23.5. The number of carbonyl (C=O) groups is 1. The van der Waals surface area contributed by atoms with Crippen LogP contribution in [0.5, 0.6) is 0 Å². The molecule has 4 rings (SSSR count). The molecule has 1 saturated heterocycles. The molecule has 0 spiro atoms. The maximum absolute atomic E-state index is 13.1. The lowest BCUT2D eigenvalue weighted by Gasteiger charge is -2.39. The predicted octanol–water partition coefficient (Wildman–Crippen LogP) is 3.11. The first-order valence-corrected chi connectivity index (χ1v) is 8.80. The summed E-state index contributed by atoms with van der Waals surface area (Å²) in [5.74, 6) is 0.671. The molecule has 6 heteroatoms. The van der Waals surface area contributed by atoms with Crippen molar-refractivity contribution in [2.45, 2.75) is 6.42 Å². The monoisotopic (exact) mass is 362 g/mol. The minimum atomic E-state index is -0.299. The quantitative estimate of drug-likeness (QED) is 0.755. The molecule has 5 nitrogen and oxygen atoms in total. The highest BCUT2D eigenvalue weighted by Crippen LogP contribution is 2.26. The smallest absolute Gasteiger partial charge is 0.145 e. The Hall–Kier alpha value is -3.28. The Kier molecular flexibility index (Phi) is 4.54. The second-order valence-electron chi connectivity index (χ2n) is 6.67. The molecule has 1 aliphatic rings. The molecular weight excluding hydrogens is 343 g/mol. The van der Waals surface area contributed by atoms with Crippen LogP contribution in [-0.2, 0) is 11.2 Å². The van der Waals surface area contributed by atoms with Crippen molar-refractivity contribution in [3.8, 4) is 11.3 Å². The van der Waals surface area contributed by atoms with E-state index in [1.165, 1.54) is 12.1 Å². The molecule has 136 valence electrons. The molecule has 3 aromatic rings. The molecule has 2 aromatic heterocycles. The number of rotatable bonds is 5. The number of nitrogen functional groups attached to an aromatic ring is 1. The van der Waals surface area contributed by atoms with E-state index in [0.29, 0.717) is 30.2 Å². The van der Waals surface area contributed by atoms with Crippen LogP contribution in [0.15, 0.2) is 60.8 Å². The zero-order valence-corrected chi connectivity index (χ0v) is 14.7. The highest BCUT2D eigenvalue weighted by Gasteiger charge is 2.33. The van der Waals surface area contributed by atoms with Crippen molar-refractivity contribution in [3.63, 3.8) is 0 Å². The fourth-order valence-electron chi connectivity index (χ4n) is 3.15. The fourth-order valence-corrected chi connectivity index (χ4v) is 3.15. The first-order chi connectivity index (χ1) is 13.1. The molecule has 0 bridgehead atoms. The SMILES string of the molecule is Nc1ccc(-c2ccc(F)cc2)nc1CC(=O)C1CN(c2ccccn2)C1. The van der Waals surface area contributed by atoms with Crippen LogP contribution in [0.4, 0.5) is 15.9 Å². The van der Waals surface area contributed by atoms with Crippen LogP contribution >= 0.6 is 0 Å². The minimum absolute atomic E-state index is 0.0392. The van der Waals surface area contributed by atoms with Gasteiger partial charge in [-0.15, -0.1) is 0 Å². The summed E-state index contributed by atoms with van der Waals surface area (Å²) in [6.07, 6.45) is 1.94. The molecule has 1 fully saturated rings. The lowest BCUT2D eigenvalue weighted by molar-refractivity contribution is -0.122. The maximum Gasteiger partial charge on any atom is 0.145 e. The number of nitrogens with zero attached hydrogens (tertiary/aromatic N) is 3. The molecule has 27 heavy (non-hydrogen) atoms. The molecule has 2 N–H and O–H groups in total. The van der Waals surface area contributed by atoms with Crippen LogP contribution in [0.25, 0.3) is 11.3 Å². The Bertz CT molecular complexity index is 954. The third-order valence-electron chi connectivity index (χ3n) is 4.80. The molecule has 0 aliphatic carbocycles. The van der Waals surface area contributed by atoms with Gasteiger partial charge in [-0.05, 0) is 48.5 Å². The van der Waals surface area contributed by atoms with Gasteiger partial charge in [-0.3, -0.25) is 9.78 Å². The molecule has 0 atom stereocenters. The summed E-state index contributed by atoms with van der Waals surface area (Å²) in [5, 5.41) is 0. The lowest BCUT2D eigenvalue weighted by atomic mass is 9.92. The number of halogens is 1. The van der Waals surface area contributed by atoms with Gasteiger partial charge in [0, 0.05) is 24.8 Å². The molecule has 0 radical (unpaired) electrons. The van der Waals surface area contributed by atoms with Gasteiger partial charge in [-0.2, -0.15) is 0 Å². The second kappa shape index (κ2) is 7.15. The molecule has 3 heterocycles. The molecule has 1 aromatic carbocycles. The summed E-state index contributed by atoms with van der Waals surface area (Å²) in [6.45, 7) is 1.32. The molecule has 0 unspecified atom stereocenters. The van der Waals surface area contributed by atoms with Crippen LogP contribution in [0.3, 0.4) is 0 Å². The first kappa shape index (κ1) is 17.1. The van der Waals surface area contributed by atoms with Crippen LogP contribution < -0.4 is 10.6 Å². The first-order valence-electron chi connectivity index (χ1n) is 8.80. The number of nitrogens with two attached hydrogens (primary N) is 1. The summed E-state index contributed by atoms with van der Waals surface area (Å²) in [7, 11) is 0. The van der Waals surface area contributed by atoms with Gasteiger partial charge >= 0.3 is 0 Å². The van der Waals surface area contributed by atoms with Crippen molar-refractivity contribution in [2.75, 3.05) is 23.7 Å². The van der Waals surface area contributed by atoms with Crippen molar-refractivity contribution >= 4 is 17.3 Å². The highest BCUT2D eigenvalue weighted by atomic mass is 19.1. The Morgan fingerprint density at radius 2 is 1.89 bits per heavy atom. The van der Waals surface area contributed by atoms with Gasteiger partial charge in [0.05, 0.1) is 29.4 Å². The number of Topliss-reactive ketones (excluding diaryl/α,β-unsaturated/α-hetero) is 1. The van der Waals surface area contributed by atoms with E-state index < -0.39 is 0 Å². The average molecular weight is 362 g/mol. The Morgan fingerprint density at radius 3 is 2.59 bits per heavy atom. The number of benzene rings is 1. The van der Waals surface area contributed by atoms with E-state index in [1.807, 2.05) is 18.2 Å². The largest absolute Gasteiger partial charge is 0.397 e. The van der Waals surface area contributed by atoms with Crippen LogP contribution in [0.1, 0.15) is 5.69 Å². The standard InChI is InChI=1S/C21H19FN4O/c22-16-6-4-14(5-7-16)18-9-8-17(23)19(25-18)11-20(27)15-12-26(13-15)21-3-1-2-10-24-21/h1-10,15H,11-13,23H2. The van der Waals surface area contributed by atoms with Gasteiger partial charge in [0.15, 0.2) is 0 Å². The topological polar surface area (TPSA) is 72.1 Å². The third-order valence-corrected chi connectivity index (χ3v) is 4.80. The van der Waals surface area contributed by atoms with E-state index in [0.717, 1.165) is 11.4 Å². The molecule has 0 saturated carbocycles. The van der Waals surface area contributed by atoms with Crippen molar-refractivity contribution in [1.29, 1.82) is 0 Å². The number of anilines is 2. The summed E-state index contributed by atoms with van der Waals surface area (Å²) >= 11 is 0. The Labute approximate surface area is 156 Å². The Morgan fingerprint density at radius 1 is 1.11 bits per heavy atom. The number of ketones is 1. The van der Waals surface area contributed by atoms with E-state index >= 15 is 0 Å². The van der Waals surface area contributed by atoms with Gasteiger partial charge in [-0.25, -0.2) is 9.37 Å². The van der Waals surface area contributed by atoms with Gasteiger partial charge in [0.25, 0.3) is 0 Å². The number of hydrogen-bond donors (Lipinski definition) is 1. The predicted molar refractivity (Wildman–Crippen MR) is 103 cm³/mol. The highest BCUT2D eigenvalue weighted by molar-refractivity contribution is 5.86. The van der Waals surface area contributed by atoms with E-state index in [2.05, 4.69) is 14.9 Å². The molecular formula is C21H19FN4O. The van der Waals surface area contributed by atoms with Crippen molar-refractivity contribution in [2.24, 2.45) is 5.92 Å². The average Bonchev–Trinajstić information content (AvgIpc) is 2.64. The zero-order chi connectivity index (χ0) is 18.8. The summed E-state index contributed by atoms with van der Waals surface area (Å²) in [6, 6.07) is 15.4. The van der Waals surface area contributed by atoms with E-state index in [-0.39, 0.29) is 23.9 Å². The van der Waals surface area contributed by atoms with Crippen molar-refractivity contribution < 1.29 is 9.18 Å². The lowest BCUT2D eigenvalue weighted by Crippen LogP contribution is -2.51. The number of pyridine rings is 2. The number of carbonyl (C=O) groups excluding carboxylic acids is 1. The normalized spacial score (nSPS) is 14.0. The number of aromatic nitrogens is 2. The van der Waals surface area contributed by atoms with Crippen LogP contribution in [-0.4, -0.2) is 28.8 Å². The van der Waals surface area contributed by atoms with Crippen molar-refractivity contribution in [1.82, 2.24) is 9.97 Å². The van der Waals surface area contributed by atoms with Crippen LogP contribution in [0, 0.1) is 11.7 Å². The van der Waals surface area contributed by atoms with E-state index in [9.17, 15) is 9.18 Å². The molecule has 0 amide bonds. The summed E-state index contributed by atoms with van der Waals surface area (Å²) < 4.78 is 13.1. The summed E-state index contributed by atoms with van der Waals surface area (Å²) in [5.41, 5.74) is 8.55. The third kappa shape index (κ3) is 3.65. The van der Waals surface area contributed by atoms with Gasteiger partial charge in [0.1, 0.15) is 17.4 Å². The van der Waals surface area contributed by atoms with E-state index in [4.69, 9.17) is 5.73 Å². The minimum Gasteiger partial charge on any atom is -0.397 e. The Balaban J connectivity index is 1.44. The molecule has 1 aliphatic heterocycles. The fraction of sp³-hybridized carbons (Fsp3) is 0.190. The van der Waals surface area contributed by atoms with Crippen LogP contribution in [0.2, 0.25) is 0 Å². The second-order valence-corrected chi connectivity index (χ2v) is 6.67. The van der Waals surface area contributed by atoms with Gasteiger partial charge in [0.2, 0.25) is 0 Å². The van der Waals surface area contributed by atoms with Crippen molar-refractivity contribution in [3.05, 3.63) is 72.3 Å². The van der Waals surface area contributed by atoms with Gasteiger partial charge < -0.3 is 10.6 Å². The van der Waals surface area contributed by atoms with Gasteiger partial charge in [-0.1, -0.05) is 6.07 Å². The van der Waals surface area contributed by atoms with E-state index in [1.54, 1.807) is 30.5 Å². The maximum atomic E-state index is 13.1.